The second kappa shape index (κ2) is 10.8. The summed E-state index contributed by atoms with van der Waals surface area (Å²) in [5.74, 6) is 1.12. The number of rotatable bonds is 10. The van der Waals surface area contributed by atoms with Gasteiger partial charge in [0.15, 0.2) is 17.3 Å². The first-order valence-electron chi connectivity index (χ1n) is 9.31. The van der Waals surface area contributed by atoms with E-state index in [2.05, 4.69) is 26.0 Å². The van der Waals surface area contributed by atoms with E-state index in [0.717, 1.165) is 4.47 Å². The lowest BCUT2D eigenvalue weighted by molar-refractivity contribution is -0.0512. The van der Waals surface area contributed by atoms with Gasteiger partial charge < -0.3 is 23.9 Å². The molecule has 3 aromatic rings. The van der Waals surface area contributed by atoms with E-state index in [4.69, 9.17) is 13.9 Å². The number of amides is 1. The number of hydrogen-bond donors (Lipinski definition) is 1. The zero-order valence-corrected chi connectivity index (χ0v) is 18.2. The summed E-state index contributed by atoms with van der Waals surface area (Å²) in [4.78, 5) is 12.3. The Morgan fingerprint density at radius 2 is 1.87 bits per heavy atom. The average Bonchev–Trinajstić information content (AvgIpc) is 3.22. The number of hydrogen-bond acceptors (Lipinski definition) is 5. The quantitative estimate of drug-likeness (QED) is 0.418. The van der Waals surface area contributed by atoms with Crippen LogP contribution in [0.3, 0.4) is 0 Å². The maximum atomic E-state index is 12.5. The van der Waals surface area contributed by atoms with Crippen LogP contribution in [-0.2, 0) is 13.0 Å². The van der Waals surface area contributed by atoms with Crippen LogP contribution in [0.5, 0.6) is 17.2 Å². The Balaban J connectivity index is 1.49. The van der Waals surface area contributed by atoms with Gasteiger partial charge in [0, 0.05) is 11.0 Å². The molecule has 0 aliphatic rings. The molecule has 2 aromatic carbocycles. The number of furan rings is 1. The normalized spacial score (nSPS) is 10.7. The van der Waals surface area contributed by atoms with Crippen molar-refractivity contribution in [2.75, 3.05) is 13.7 Å². The van der Waals surface area contributed by atoms with Crippen molar-refractivity contribution in [1.29, 1.82) is 0 Å². The maximum absolute atomic E-state index is 12.5. The average molecular weight is 496 g/mol. The van der Waals surface area contributed by atoms with Crippen molar-refractivity contribution in [1.82, 2.24) is 5.32 Å². The smallest absolute Gasteiger partial charge is 0.387 e. The number of carbonyl (C=O) groups is 1. The second-order valence-electron chi connectivity index (χ2n) is 6.38. The monoisotopic (exact) mass is 495 g/mol. The first kappa shape index (κ1) is 22.6. The SMILES string of the molecule is COc1ccc(CCNC(=O)c2ccc(COc3ccc(Br)cc3)o2)cc1OC(F)F. The summed E-state index contributed by atoms with van der Waals surface area (Å²) in [6.45, 7) is -2.48. The van der Waals surface area contributed by atoms with Crippen molar-refractivity contribution in [3.8, 4) is 17.2 Å². The highest BCUT2D eigenvalue weighted by atomic mass is 79.9. The van der Waals surface area contributed by atoms with E-state index in [0.29, 0.717) is 23.5 Å². The Kier molecular flexibility index (Phi) is 7.88. The Labute approximate surface area is 186 Å². The van der Waals surface area contributed by atoms with Crippen LogP contribution in [0.2, 0.25) is 0 Å². The molecule has 9 heteroatoms. The lowest BCUT2D eigenvalue weighted by Gasteiger charge is -2.11. The van der Waals surface area contributed by atoms with Crippen molar-refractivity contribution < 1.29 is 32.2 Å². The van der Waals surface area contributed by atoms with Crippen LogP contribution >= 0.6 is 15.9 Å². The summed E-state index contributed by atoms with van der Waals surface area (Å²) in [6.07, 6.45) is 0.412. The molecule has 0 aliphatic heterocycles. The number of methoxy groups -OCH3 is 1. The van der Waals surface area contributed by atoms with Crippen LogP contribution in [0.15, 0.2) is 63.5 Å². The van der Waals surface area contributed by atoms with Crippen molar-refractivity contribution >= 4 is 21.8 Å². The van der Waals surface area contributed by atoms with E-state index >= 15 is 0 Å². The summed E-state index contributed by atoms with van der Waals surface area (Å²) in [6, 6.07) is 15.3. The number of nitrogens with one attached hydrogen (secondary N) is 1. The van der Waals surface area contributed by atoms with Gasteiger partial charge in [-0.3, -0.25) is 4.79 Å². The van der Waals surface area contributed by atoms with Gasteiger partial charge in [0.2, 0.25) is 0 Å². The van der Waals surface area contributed by atoms with Crippen molar-refractivity contribution in [2.45, 2.75) is 19.6 Å². The van der Waals surface area contributed by atoms with Gasteiger partial charge in [-0.1, -0.05) is 22.0 Å². The number of ether oxygens (including phenoxy) is 3. The lowest BCUT2D eigenvalue weighted by Crippen LogP contribution is -2.25. The van der Waals surface area contributed by atoms with Gasteiger partial charge in [0.25, 0.3) is 5.91 Å². The van der Waals surface area contributed by atoms with E-state index in [-0.39, 0.29) is 36.3 Å². The molecule has 1 aromatic heterocycles. The fourth-order valence-corrected chi connectivity index (χ4v) is 3.00. The number of carbonyl (C=O) groups excluding carboxylic acids is 1. The zero-order valence-electron chi connectivity index (χ0n) is 16.6. The van der Waals surface area contributed by atoms with Crippen molar-refractivity contribution in [3.63, 3.8) is 0 Å². The van der Waals surface area contributed by atoms with Gasteiger partial charge in [0.05, 0.1) is 7.11 Å². The van der Waals surface area contributed by atoms with Gasteiger partial charge in [-0.15, -0.1) is 0 Å². The second-order valence-corrected chi connectivity index (χ2v) is 7.29. The summed E-state index contributed by atoms with van der Waals surface area (Å²) in [5.41, 5.74) is 0.708. The molecule has 0 fully saturated rings. The van der Waals surface area contributed by atoms with Crippen LogP contribution in [0.4, 0.5) is 8.78 Å². The number of halogens is 3. The molecule has 0 saturated heterocycles. The van der Waals surface area contributed by atoms with Gasteiger partial charge in [-0.25, -0.2) is 0 Å². The van der Waals surface area contributed by atoms with E-state index < -0.39 is 6.61 Å². The standard InChI is InChI=1S/C22H20BrF2NO5/c1-28-18-8-2-14(12-20(18)31-22(24)25)10-11-26-21(27)19-9-7-17(30-19)13-29-16-5-3-15(23)4-6-16/h2-9,12,22H,10-11,13H2,1H3,(H,26,27). The molecule has 3 rings (SSSR count). The summed E-state index contributed by atoms with van der Waals surface area (Å²) >= 11 is 3.35. The molecule has 31 heavy (non-hydrogen) atoms. The molecule has 0 unspecified atom stereocenters. The number of alkyl halides is 2. The van der Waals surface area contributed by atoms with Gasteiger partial charge >= 0.3 is 6.61 Å². The molecule has 1 amide bonds. The lowest BCUT2D eigenvalue weighted by atomic mass is 10.1. The first-order valence-corrected chi connectivity index (χ1v) is 10.1. The van der Waals surface area contributed by atoms with Gasteiger partial charge in [-0.2, -0.15) is 8.78 Å². The Morgan fingerprint density at radius 1 is 1.10 bits per heavy atom. The predicted molar refractivity (Wildman–Crippen MR) is 113 cm³/mol. The first-order chi connectivity index (χ1) is 14.9. The molecular formula is C22H20BrF2NO5. The highest BCUT2D eigenvalue weighted by Gasteiger charge is 2.13. The molecule has 0 bridgehead atoms. The van der Waals surface area contributed by atoms with Crippen molar-refractivity contribution in [3.05, 3.63) is 76.2 Å². The minimum atomic E-state index is -2.95. The summed E-state index contributed by atoms with van der Waals surface area (Å²) in [5, 5.41) is 2.73. The largest absolute Gasteiger partial charge is 0.493 e. The highest BCUT2D eigenvalue weighted by molar-refractivity contribution is 9.10. The van der Waals surface area contributed by atoms with Crippen LogP contribution in [0.1, 0.15) is 21.9 Å². The highest BCUT2D eigenvalue weighted by Crippen LogP contribution is 2.29. The Hall–Kier alpha value is -3.07. The summed E-state index contributed by atoms with van der Waals surface area (Å²) in [7, 11) is 1.37. The molecule has 0 radical (unpaired) electrons. The fourth-order valence-electron chi connectivity index (χ4n) is 2.73. The molecule has 6 nitrogen and oxygen atoms in total. The third-order valence-corrected chi connectivity index (χ3v) is 4.75. The maximum Gasteiger partial charge on any atom is 0.387 e. The minimum Gasteiger partial charge on any atom is -0.493 e. The fraction of sp³-hybridized carbons (Fsp3) is 0.227. The molecule has 0 atom stereocenters. The topological polar surface area (TPSA) is 69.9 Å². The molecule has 0 saturated carbocycles. The summed E-state index contributed by atoms with van der Waals surface area (Å²) < 4.78 is 46.6. The van der Waals surface area contributed by atoms with Crippen LogP contribution < -0.4 is 19.5 Å². The van der Waals surface area contributed by atoms with Gasteiger partial charge in [0.1, 0.15) is 18.1 Å². The molecule has 1 heterocycles. The van der Waals surface area contributed by atoms with Crippen molar-refractivity contribution in [2.24, 2.45) is 0 Å². The molecule has 0 aliphatic carbocycles. The van der Waals surface area contributed by atoms with E-state index in [1.807, 2.05) is 24.3 Å². The van der Waals surface area contributed by atoms with Crippen LogP contribution in [0, 0.1) is 0 Å². The number of benzene rings is 2. The van der Waals surface area contributed by atoms with Crippen LogP contribution in [0.25, 0.3) is 0 Å². The van der Waals surface area contributed by atoms with Gasteiger partial charge in [-0.05, 0) is 60.5 Å². The molecule has 1 N–H and O–H groups in total. The zero-order chi connectivity index (χ0) is 22.2. The molecular weight excluding hydrogens is 476 g/mol. The Bertz CT molecular complexity index is 1010. The van der Waals surface area contributed by atoms with E-state index in [1.54, 1.807) is 24.3 Å². The Morgan fingerprint density at radius 3 is 2.58 bits per heavy atom. The van der Waals surface area contributed by atoms with E-state index in [1.165, 1.54) is 13.2 Å². The third-order valence-electron chi connectivity index (χ3n) is 4.22. The minimum absolute atomic E-state index is 0.0530. The third kappa shape index (κ3) is 6.71. The van der Waals surface area contributed by atoms with Crippen LogP contribution in [-0.4, -0.2) is 26.2 Å². The molecule has 164 valence electrons. The molecule has 0 spiro atoms. The van der Waals surface area contributed by atoms with E-state index in [9.17, 15) is 13.6 Å². The predicted octanol–water partition coefficient (Wildman–Crippen LogP) is 5.20.